The molecule has 0 bridgehead atoms. The van der Waals surface area contributed by atoms with Gasteiger partial charge >= 0.3 is 6.03 Å². The van der Waals surface area contributed by atoms with E-state index in [1.807, 2.05) is 45.0 Å². The van der Waals surface area contributed by atoms with Crippen LogP contribution in [-0.4, -0.2) is 61.9 Å². The topological polar surface area (TPSA) is 91.4 Å². The fourth-order valence-corrected chi connectivity index (χ4v) is 3.73. The first-order valence-corrected chi connectivity index (χ1v) is 11.3. The van der Waals surface area contributed by atoms with Gasteiger partial charge in [0.05, 0.1) is 18.9 Å². The average molecular weight is 427 g/mol. The maximum atomic E-state index is 11.7. The Hall–Kier alpha value is -2.71. The van der Waals surface area contributed by atoms with Gasteiger partial charge in [0, 0.05) is 49.4 Å². The number of nitrogens with one attached hydrogen (secondary N) is 3. The molecule has 0 spiro atoms. The number of anilines is 2. The zero-order valence-electron chi connectivity index (χ0n) is 18.8. The van der Waals surface area contributed by atoms with Gasteiger partial charge in [0.25, 0.3) is 0 Å². The van der Waals surface area contributed by atoms with Crippen molar-refractivity contribution in [2.24, 2.45) is 0 Å². The number of ether oxygens (including phenoxy) is 1. The van der Waals surface area contributed by atoms with Gasteiger partial charge in [-0.25, -0.2) is 14.8 Å². The molecule has 0 radical (unpaired) electrons. The van der Waals surface area contributed by atoms with Gasteiger partial charge in [-0.3, -0.25) is 0 Å². The summed E-state index contributed by atoms with van der Waals surface area (Å²) >= 11 is 0. The van der Waals surface area contributed by atoms with E-state index in [1.54, 1.807) is 0 Å². The minimum atomic E-state index is -0.205. The van der Waals surface area contributed by atoms with Crippen LogP contribution in [0.15, 0.2) is 24.3 Å². The van der Waals surface area contributed by atoms with E-state index >= 15 is 0 Å². The number of carbonyl (C=O) groups excluding carboxylic acids is 1. The van der Waals surface area contributed by atoms with Crippen LogP contribution in [0.5, 0.6) is 0 Å². The van der Waals surface area contributed by atoms with Crippen molar-refractivity contribution in [3.63, 3.8) is 0 Å². The summed E-state index contributed by atoms with van der Waals surface area (Å²) in [5.74, 6) is 1.78. The Bertz CT molecular complexity index is 850. The van der Waals surface area contributed by atoms with Crippen molar-refractivity contribution in [3.05, 3.63) is 35.5 Å². The number of urea groups is 1. The van der Waals surface area contributed by atoms with E-state index in [0.717, 1.165) is 80.8 Å². The molecular weight excluding hydrogens is 392 g/mol. The van der Waals surface area contributed by atoms with Gasteiger partial charge in [-0.05, 0) is 44.2 Å². The zero-order valence-corrected chi connectivity index (χ0v) is 18.8. The smallest absolute Gasteiger partial charge is 0.319 e. The first-order chi connectivity index (χ1) is 15.2. The minimum Gasteiger partial charge on any atom is -0.378 e. The number of morpholine rings is 1. The number of hydrogen-bond acceptors (Lipinski definition) is 6. The summed E-state index contributed by atoms with van der Waals surface area (Å²) in [4.78, 5) is 23.9. The Balaban J connectivity index is 0.00000132. The van der Waals surface area contributed by atoms with Crippen LogP contribution >= 0.6 is 0 Å². The minimum absolute atomic E-state index is 0.205. The lowest BCUT2D eigenvalue weighted by Crippen LogP contribution is -2.37. The molecular formula is C23H34N6O2. The van der Waals surface area contributed by atoms with E-state index in [9.17, 15) is 4.79 Å². The van der Waals surface area contributed by atoms with Crippen LogP contribution < -0.4 is 20.9 Å². The summed E-state index contributed by atoms with van der Waals surface area (Å²) in [5.41, 5.74) is 4.08. The Morgan fingerprint density at radius 3 is 2.52 bits per heavy atom. The molecule has 4 rings (SSSR count). The SMILES string of the molecule is CC.CCNC(=O)Nc1ccc(-c2nc3c(c(N4CCOCC4)n2)CCNCC3)cc1. The average Bonchev–Trinajstić information content (AvgIpc) is 3.06. The van der Waals surface area contributed by atoms with Gasteiger partial charge in [0.2, 0.25) is 0 Å². The monoisotopic (exact) mass is 426 g/mol. The molecule has 2 aliphatic rings. The van der Waals surface area contributed by atoms with Gasteiger partial charge in [-0.2, -0.15) is 0 Å². The van der Waals surface area contributed by atoms with E-state index in [1.165, 1.54) is 5.56 Å². The second kappa shape index (κ2) is 11.6. The molecule has 0 saturated carbocycles. The molecule has 1 aromatic carbocycles. The van der Waals surface area contributed by atoms with E-state index in [4.69, 9.17) is 14.7 Å². The number of aromatic nitrogens is 2. The highest BCUT2D eigenvalue weighted by Crippen LogP contribution is 2.28. The van der Waals surface area contributed by atoms with Crippen molar-refractivity contribution in [1.29, 1.82) is 0 Å². The quantitative estimate of drug-likeness (QED) is 0.696. The predicted octanol–water partition coefficient (Wildman–Crippen LogP) is 2.84. The number of amides is 2. The third kappa shape index (κ3) is 5.92. The molecule has 3 heterocycles. The third-order valence-corrected chi connectivity index (χ3v) is 5.21. The van der Waals surface area contributed by atoms with Crippen molar-refractivity contribution >= 4 is 17.5 Å². The number of hydrogen-bond donors (Lipinski definition) is 3. The number of carbonyl (C=O) groups is 1. The van der Waals surface area contributed by atoms with Crippen LogP contribution in [0.3, 0.4) is 0 Å². The Morgan fingerprint density at radius 2 is 1.81 bits per heavy atom. The molecule has 0 aliphatic carbocycles. The maximum absolute atomic E-state index is 11.7. The molecule has 1 fully saturated rings. The van der Waals surface area contributed by atoms with E-state index in [2.05, 4.69) is 20.9 Å². The molecule has 3 N–H and O–H groups in total. The number of nitrogens with zero attached hydrogens (tertiary/aromatic N) is 3. The summed E-state index contributed by atoms with van der Waals surface area (Å²) in [5, 5.41) is 9.01. The summed E-state index contributed by atoms with van der Waals surface area (Å²) in [6, 6.07) is 7.48. The molecule has 31 heavy (non-hydrogen) atoms. The lowest BCUT2D eigenvalue weighted by Gasteiger charge is -2.30. The first kappa shape index (κ1) is 23.0. The maximum Gasteiger partial charge on any atom is 0.319 e. The molecule has 2 aromatic rings. The van der Waals surface area contributed by atoms with E-state index < -0.39 is 0 Å². The van der Waals surface area contributed by atoms with Crippen molar-refractivity contribution in [2.75, 3.05) is 56.2 Å². The van der Waals surface area contributed by atoms with Crippen LogP contribution in [0.25, 0.3) is 11.4 Å². The summed E-state index contributed by atoms with van der Waals surface area (Å²) < 4.78 is 5.53. The van der Waals surface area contributed by atoms with Crippen LogP contribution in [-0.2, 0) is 17.6 Å². The van der Waals surface area contributed by atoms with Crippen LogP contribution in [0.2, 0.25) is 0 Å². The highest BCUT2D eigenvalue weighted by Gasteiger charge is 2.22. The van der Waals surface area contributed by atoms with Gasteiger partial charge in [0.1, 0.15) is 5.82 Å². The van der Waals surface area contributed by atoms with Gasteiger partial charge in [-0.1, -0.05) is 13.8 Å². The highest BCUT2D eigenvalue weighted by atomic mass is 16.5. The molecule has 2 amide bonds. The molecule has 168 valence electrons. The lowest BCUT2D eigenvalue weighted by atomic mass is 10.1. The Kier molecular flexibility index (Phi) is 8.61. The summed E-state index contributed by atoms with van der Waals surface area (Å²) in [6.45, 7) is 11.5. The van der Waals surface area contributed by atoms with Crippen molar-refractivity contribution in [3.8, 4) is 11.4 Å². The largest absolute Gasteiger partial charge is 0.378 e. The fourth-order valence-electron chi connectivity index (χ4n) is 3.73. The third-order valence-electron chi connectivity index (χ3n) is 5.21. The van der Waals surface area contributed by atoms with E-state index in [0.29, 0.717) is 6.54 Å². The summed E-state index contributed by atoms with van der Waals surface area (Å²) in [6.07, 6.45) is 1.84. The second-order valence-corrected chi connectivity index (χ2v) is 7.21. The van der Waals surface area contributed by atoms with Crippen molar-refractivity contribution in [1.82, 2.24) is 20.6 Å². The summed E-state index contributed by atoms with van der Waals surface area (Å²) in [7, 11) is 0. The molecule has 8 nitrogen and oxygen atoms in total. The number of benzene rings is 1. The highest BCUT2D eigenvalue weighted by molar-refractivity contribution is 5.89. The fraction of sp³-hybridized carbons (Fsp3) is 0.522. The zero-order chi connectivity index (χ0) is 22.1. The molecule has 8 heteroatoms. The molecule has 1 aromatic heterocycles. The van der Waals surface area contributed by atoms with Crippen LogP contribution in [0, 0.1) is 0 Å². The van der Waals surface area contributed by atoms with Crippen molar-refractivity contribution in [2.45, 2.75) is 33.6 Å². The van der Waals surface area contributed by atoms with Crippen LogP contribution in [0.4, 0.5) is 16.3 Å². The second-order valence-electron chi connectivity index (χ2n) is 7.21. The van der Waals surface area contributed by atoms with Gasteiger partial charge in [-0.15, -0.1) is 0 Å². The molecule has 0 unspecified atom stereocenters. The predicted molar refractivity (Wildman–Crippen MR) is 125 cm³/mol. The van der Waals surface area contributed by atoms with Gasteiger partial charge < -0.3 is 25.6 Å². The first-order valence-electron chi connectivity index (χ1n) is 11.3. The number of fused-ring (bicyclic) bond motifs is 1. The Morgan fingerprint density at radius 1 is 1.10 bits per heavy atom. The van der Waals surface area contributed by atoms with E-state index in [-0.39, 0.29) is 6.03 Å². The van der Waals surface area contributed by atoms with Crippen molar-refractivity contribution < 1.29 is 9.53 Å². The van der Waals surface area contributed by atoms with Gasteiger partial charge in [0.15, 0.2) is 5.82 Å². The van der Waals surface area contributed by atoms with Crippen LogP contribution in [0.1, 0.15) is 32.0 Å². The Labute approximate surface area is 184 Å². The normalized spacial score (nSPS) is 15.8. The molecule has 1 saturated heterocycles. The molecule has 0 atom stereocenters. The molecule has 2 aliphatic heterocycles. The number of rotatable bonds is 4. The lowest BCUT2D eigenvalue weighted by molar-refractivity contribution is 0.122. The standard InChI is InChI=1S/C21H28N6O2.C2H6/c1-2-23-21(28)24-16-5-3-15(4-6-16)19-25-18-8-10-22-9-7-17(18)20(26-19)27-11-13-29-14-12-27;1-2/h3-6,22H,2,7-14H2,1H3,(H2,23,24,28);1-2H3.